The zero-order valence-electron chi connectivity index (χ0n) is 14.2. The standard InChI is InChI=1S/C19H23N3O3/c23-19(21-14-7-8-18-20-9-10-22(18)12-14)16-5-1-2-6-17(16)25-13-15-4-3-11-24-15/h1-2,5-6,9-10,14-15H,3-4,7-8,11-13H2,(H,21,23)/t14-,15+/m0/s1. The zero-order valence-corrected chi connectivity index (χ0v) is 14.2. The highest BCUT2D eigenvalue weighted by Gasteiger charge is 2.23. The number of nitrogens with one attached hydrogen (secondary N) is 1. The minimum atomic E-state index is -0.0866. The van der Waals surface area contributed by atoms with Gasteiger partial charge in [-0.3, -0.25) is 4.79 Å². The molecule has 6 heteroatoms. The Hall–Kier alpha value is -2.34. The molecule has 0 radical (unpaired) electrons. The van der Waals surface area contributed by atoms with Gasteiger partial charge >= 0.3 is 0 Å². The first-order valence-electron chi connectivity index (χ1n) is 8.94. The summed E-state index contributed by atoms with van der Waals surface area (Å²) in [4.78, 5) is 17.1. The molecule has 0 spiro atoms. The fraction of sp³-hybridized carbons (Fsp3) is 0.474. The topological polar surface area (TPSA) is 65.4 Å². The Kier molecular flexibility index (Phi) is 4.70. The monoisotopic (exact) mass is 341 g/mol. The number of amides is 1. The molecule has 0 aliphatic carbocycles. The highest BCUT2D eigenvalue weighted by molar-refractivity contribution is 5.97. The number of carbonyl (C=O) groups is 1. The van der Waals surface area contributed by atoms with E-state index in [2.05, 4.69) is 14.9 Å². The molecule has 0 saturated carbocycles. The summed E-state index contributed by atoms with van der Waals surface area (Å²) in [6, 6.07) is 7.52. The van der Waals surface area contributed by atoms with Gasteiger partial charge < -0.3 is 19.4 Å². The number of hydrogen-bond acceptors (Lipinski definition) is 4. The van der Waals surface area contributed by atoms with Crippen molar-refractivity contribution in [3.8, 4) is 5.75 Å². The number of para-hydroxylation sites is 1. The number of rotatable bonds is 5. The number of aryl methyl sites for hydroxylation is 1. The Morgan fingerprint density at radius 1 is 1.36 bits per heavy atom. The van der Waals surface area contributed by atoms with Crippen molar-refractivity contribution in [2.45, 2.75) is 44.4 Å². The van der Waals surface area contributed by atoms with Gasteiger partial charge in [-0.25, -0.2) is 4.98 Å². The number of nitrogens with zero attached hydrogens (tertiary/aromatic N) is 2. The molecule has 1 fully saturated rings. The van der Waals surface area contributed by atoms with Crippen molar-refractivity contribution in [3.63, 3.8) is 0 Å². The van der Waals surface area contributed by atoms with Crippen molar-refractivity contribution in [2.24, 2.45) is 0 Å². The second-order valence-electron chi connectivity index (χ2n) is 6.65. The number of fused-ring (bicyclic) bond motifs is 1. The predicted molar refractivity (Wildman–Crippen MR) is 92.7 cm³/mol. The van der Waals surface area contributed by atoms with Crippen molar-refractivity contribution in [3.05, 3.63) is 48.0 Å². The van der Waals surface area contributed by atoms with Crippen molar-refractivity contribution in [2.75, 3.05) is 13.2 Å². The largest absolute Gasteiger partial charge is 0.490 e. The lowest BCUT2D eigenvalue weighted by Gasteiger charge is -2.25. The van der Waals surface area contributed by atoms with Crippen LogP contribution in [0.15, 0.2) is 36.7 Å². The minimum Gasteiger partial charge on any atom is -0.490 e. The Balaban J connectivity index is 1.40. The first kappa shape index (κ1) is 16.1. The normalized spacial score (nSPS) is 22.4. The molecular weight excluding hydrogens is 318 g/mol. The average molecular weight is 341 g/mol. The minimum absolute atomic E-state index is 0.0866. The van der Waals surface area contributed by atoms with E-state index in [1.54, 1.807) is 0 Å². The molecule has 3 heterocycles. The number of hydrogen-bond donors (Lipinski definition) is 1. The maximum absolute atomic E-state index is 12.7. The Bertz CT molecular complexity index is 737. The lowest BCUT2D eigenvalue weighted by molar-refractivity contribution is 0.0669. The summed E-state index contributed by atoms with van der Waals surface area (Å²) in [6.07, 6.45) is 7.79. The third-order valence-electron chi connectivity index (χ3n) is 4.85. The molecule has 1 amide bonds. The van der Waals surface area contributed by atoms with E-state index >= 15 is 0 Å². The van der Waals surface area contributed by atoms with Crippen molar-refractivity contribution in [1.82, 2.24) is 14.9 Å². The van der Waals surface area contributed by atoms with Crippen LogP contribution in [0.5, 0.6) is 5.75 Å². The van der Waals surface area contributed by atoms with Gasteiger partial charge in [0.15, 0.2) is 0 Å². The van der Waals surface area contributed by atoms with Crippen LogP contribution in [0.1, 0.15) is 35.4 Å². The van der Waals surface area contributed by atoms with Crippen molar-refractivity contribution < 1.29 is 14.3 Å². The quantitative estimate of drug-likeness (QED) is 0.905. The molecule has 6 nitrogen and oxygen atoms in total. The maximum Gasteiger partial charge on any atom is 0.255 e. The third-order valence-corrected chi connectivity index (χ3v) is 4.85. The van der Waals surface area contributed by atoms with Crippen LogP contribution in [0.25, 0.3) is 0 Å². The smallest absolute Gasteiger partial charge is 0.255 e. The lowest BCUT2D eigenvalue weighted by Crippen LogP contribution is -2.41. The number of carbonyl (C=O) groups excluding carboxylic acids is 1. The van der Waals surface area contributed by atoms with E-state index in [0.717, 1.165) is 44.7 Å². The van der Waals surface area contributed by atoms with Crippen molar-refractivity contribution >= 4 is 5.91 Å². The summed E-state index contributed by atoms with van der Waals surface area (Å²) < 4.78 is 13.6. The SMILES string of the molecule is O=C(N[C@H]1CCc2nccn2C1)c1ccccc1OC[C@H]1CCCO1. The molecule has 2 aliphatic rings. The van der Waals surface area contributed by atoms with Gasteiger partial charge in [0.2, 0.25) is 0 Å². The first-order chi connectivity index (χ1) is 12.3. The summed E-state index contributed by atoms with van der Waals surface area (Å²) in [7, 11) is 0. The van der Waals surface area contributed by atoms with Gasteiger partial charge in [-0.1, -0.05) is 12.1 Å². The van der Waals surface area contributed by atoms with Crippen LogP contribution in [0.4, 0.5) is 0 Å². The molecule has 1 aromatic carbocycles. The second kappa shape index (κ2) is 7.27. The molecule has 1 saturated heterocycles. The summed E-state index contributed by atoms with van der Waals surface area (Å²) >= 11 is 0. The molecular formula is C19H23N3O3. The summed E-state index contributed by atoms with van der Waals surface area (Å²) in [5, 5.41) is 3.14. The van der Waals surface area contributed by atoms with E-state index in [-0.39, 0.29) is 18.1 Å². The Morgan fingerprint density at radius 2 is 2.28 bits per heavy atom. The van der Waals surface area contributed by atoms with E-state index in [9.17, 15) is 4.79 Å². The third kappa shape index (κ3) is 3.69. The molecule has 0 unspecified atom stereocenters. The molecule has 4 rings (SSSR count). The average Bonchev–Trinajstić information content (AvgIpc) is 3.31. The van der Waals surface area contributed by atoms with E-state index in [0.29, 0.717) is 17.9 Å². The van der Waals surface area contributed by atoms with Crippen molar-refractivity contribution in [1.29, 1.82) is 0 Å². The van der Waals surface area contributed by atoms with Gasteiger partial charge in [-0.05, 0) is 31.4 Å². The molecule has 1 N–H and O–H groups in total. The fourth-order valence-electron chi connectivity index (χ4n) is 3.49. The van der Waals surface area contributed by atoms with Gasteiger partial charge in [0.05, 0.1) is 11.7 Å². The maximum atomic E-state index is 12.7. The predicted octanol–water partition coefficient (Wildman–Crippen LogP) is 2.19. The van der Waals surface area contributed by atoms with Crippen LogP contribution in [0, 0.1) is 0 Å². The van der Waals surface area contributed by atoms with E-state index in [1.807, 2.05) is 36.7 Å². The second-order valence-corrected chi connectivity index (χ2v) is 6.65. The molecule has 2 aromatic rings. The van der Waals surface area contributed by atoms with Gasteiger partial charge in [0.25, 0.3) is 5.91 Å². The molecule has 25 heavy (non-hydrogen) atoms. The fourth-order valence-corrected chi connectivity index (χ4v) is 3.49. The number of ether oxygens (including phenoxy) is 2. The van der Waals surface area contributed by atoms with Crippen LogP contribution in [0.3, 0.4) is 0 Å². The molecule has 0 bridgehead atoms. The van der Waals surface area contributed by atoms with Gasteiger partial charge in [-0.15, -0.1) is 0 Å². The Morgan fingerprint density at radius 3 is 3.16 bits per heavy atom. The molecule has 1 aromatic heterocycles. The van der Waals surface area contributed by atoms with Crippen LogP contribution >= 0.6 is 0 Å². The summed E-state index contributed by atoms with van der Waals surface area (Å²) in [5.74, 6) is 1.62. The van der Waals surface area contributed by atoms with E-state index < -0.39 is 0 Å². The molecule has 132 valence electrons. The summed E-state index contributed by atoms with van der Waals surface area (Å²) in [6.45, 7) is 2.06. The van der Waals surface area contributed by atoms with Crippen LogP contribution in [-0.2, 0) is 17.7 Å². The van der Waals surface area contributed by atoms with Crippen LogP contribution in [0.2, 0.25) is 0 Å². The van der Waals surface area contributed by atoms with Gasteiger partial charge in [0, 0.05) is 38.0 Å². The number of benzene rings is 1. The Labute approximate surface area is 147 Å². The highest BCUT2D eigenvalue weighted by atomic mass is 16.5. The summed E-state index contributed by atoms with van der Waals surface area (Å²) in [5.41, 5.74) is 0.580. The van der Waals surface area contributed by atoms with E-state index in [4.69, 9.17) is 9.47 Å². The first-order valence-corrected chi connectivity index (χ1v) is 8.94. The number of aromatic nitrogens is 2. The van der Waals surface area contributed by atoms with E-state index in [1.165, 1.54) is 0 Å². The molecule has 2 atom stereocenters. The van der Waals surface area contributed by atoms with Gasteiger partial charge in [-0.2, -0.15) is 0 Å². The van der Waals surface area contributed by atoms with Gasteiger partial charge in [0.1, 0.15) is 18.2 Å². The van der Waals surface area contributed by atoms with Crippen LogP contribution in [-0.4, -0.2) is 40.8 Å². The lowest BCUT2D eigenvalue weighted by atomic mass is 10.1. The highest BCUT2D eigenvalue weighted by Crippen LogP contribution is 2.21. The number of imidazole rings is 1. The zero-order chi connectivity index (χ0) is 17.1. The molecule has 2 aliphatic heterocycles. The van der Waals surface area contributed by atoms with Crippen LogP contribution < -0.4 is 10.1 Å².